The standard InChI is InChI=1S/C10H16N2O2/c1-3-14-7(2)9(13)8-5-4-6-12-10(8)11/h4-7,9,13H,3H2,1-2H3,(H2,11,12). The highest BCUT2D eigenvalue weighted by atomic mass is 16.5. The van der Waals surface area contributed by atoms with Crippen LogP contribution in [-0.2, 0) is 4.74 Å². The van der Waals surface area contributed by atoms with Crippen molar-refractivity contribution in [3.63, 3.8) is 0 Å². The normalized spacial score (nSPS) is 15.1. The number of nitrogen functional groups attached to an aromatic ring is 1. The molecule has 0 spiro atoms. The first-order valence-electron chi connectivity index (χ1n) is 4.66. The van der Waals surface area contributed by atoms with E-state index in [9.17, 15) is 5.11 Å². The van der Waals surface area contributed by atoms with Gasteiger partial charge in [-0.1, -0.05) is 6.07 Å². The summed E-state index contributed by atoms with van der Waals surface area (Å²) in [7, 11) is 0. The van der Waals surface area contributed by atoms with Crippen molar-refractivity contribution in [1.29, 1.82) is 0 Å². The summed E-state index contributed by atoms with van der Waals surface area (Å²) in [6, 6.07) is 3.50. The van der Waals surface area contributed by atoms with E-state index in [2.05, 4.69) is 4.98 Å². The lowest BCUT2D eigenvalue weighted by molar-refractivity contribution is -0.0225. The van der Waals surface area contributed by atoms with Crippen molar-refractivity contribution in [3.8, 4) is 0 Å². The molecule has 2 unspecified atom stereocenters. The molecule has 3 N–H and O–H groups in total. The largest absolute Gasteiger partial charge is 0.386 e. The first-order chi connectivity index (χ1) is 6.66. The molecule has 1 aromatic heterocycles. The third-order valence-corrected chi connectivity index (χ3v) is 2.06. The van der Waals surface area contributed by atoms with E-state index in [1.807, 2.05) is 6.92 Å². The van der Waals surface area contributed by atoms with Gasteiger partial charge in [-0.05, 0) is 19.9 Å². The molecule has 2 atom stereocenters. The van der Waals surface area contributed by atoms with Crippen LogP contribution in [0, 0.1) is 0 Å². The van der Waals surface area contributed by atoms with Gasteiger partial charge in [0, 0.05) is 18.4 Å². The van der Waals surface area contributed by atoms with Gasteiger partial charge in [-0.2, -0.15) is 0 Å². The predicted octanol–water partition coefficient (Wildman–Crippen LogP) is 1.12. The van der Waals surface area contributed by atoms with Gasteiger partial charge in [0.05, 0.1) is 6.10 Å². The molecule has 0 bridgehead atoms. The molecule has 0 aliphatic rings. The number of aliphatic hydroxyl groups is 1. The van der Waals surface area contributed by atoms with Crippen LogP contribution in [0.4, 0.5) is 5.82 Å². The minimum absolute atomic E-state index is 0.272. The highest BCUT2D eigenvalue weighted by Gasteiger charge is 2.18. The van der Waals surface area contributed by atoms with Crippen LogP contribution >= 0.6 is 0 Å². The minimum atomic E-state index is -0.719. The van der Waals surface area contributed by atoms with Crippen molar-refractivity contribution in [3.05, 3.63) is 23.9 Å². The van der Waals surface area contributed by atoms with Gasteiger partial charge in [0.1, 0.15) is 11.9 Å². The third kappa shape index (κ3) is 2.43. The molecule has 0 aliphatic carbocycles. The third-order valence-electron chi connectivity index (χ3n) is 2.06. The number of ether oxygens (including phenoxy) is 1. The van der Waals surface area contributed by atoms with E-state index in [-0.39, 0.29) is 6.10 Å². The maximum absolute atomic E-state index is 9.86. The Kier molecular flexibility index (Phi) is 3.85. The van der Waals surface area contributed by atoms with E-state index < -0.39 is 6.10 Å². The van der Waals surface area contributed by atoms with Crippen LogP contribution in [0.2, 0.25) is 0 Å². The number of nitrogens with two attached hydrogens (primary N) is 1. The molecule has 14 heavy (non-hydrogen) atoms. The molecule has 0 aromatic carbocycles. The monoisotopic (exact) mass is 196 g/mol. The average Bonchev–Trinajstić information content (AvgIpc) is 2.18. The van der Waals surface area contributed by atoms with E-state index in [1.165, 1.54) is 0 Å². The zero-order valence-electron chi connectivity index (χ0n) is 8.47. The van der Waals surface area contributed by atoms with Crippen LogP contribution in [-0.4, -0.2) is 22.8 Å². The molecule has 4 heteroatoms. The van der Waals surface area contributed by atoms with Crippen molar-refractivity contribution in [1.82, 2.24) is 4.98 Å². The van der Waals surface area contributed by atoms with Crippen molar-refractivity contribution in [2.75, 3.05) is 12.3 Å². The van der Waals surface area contributed by atoms with Gasteiger partial charge in [0.15, 0.2) is 0 Å². The Morgan fingerprint density at radius 1 is 1.64 bits per heavy atom. The zero-order chi connectivity index (χ0) is 10.6. The number of hydrogen-bond donors (Lipinski definition) is 2. The van der Waals surface area contributed by atoms with E-state index in [0.717, 1.165) is 0 Å². The summed E-state index contributed by atoms with van der Waals surface area (Å²) in [5.41, 5.74) is 6.25. The molecule has 0 saturated carbocycles. The summed E-state index contributed by atoms with van der Waals surface area (Å²) >= 11 is 0. The molecule has 1 heterocycles. The number of hydrogen-bond acceptors (Lipinski definition) is 4. The maximum atomic E-state index is 9.86. The highest BCUT2D eigenvalue weighted by molar-refractivity contribution is 5.40. The first-order valence-corrected chi connectivity index (χ1v) is 4.66. The molecule has 0 radical (unpaired) electrons. The van der Waals surface area contributed by atoms with Crippen LogP contribution in [0.1, 0.15) is 25.5 Å². The fraction of sp³-hybridized carbons (Fsp3) is 0.500. The summed E-state index contributed by atoms with van der Waals surface area (Å²) < 4.78 is 5.28. The van der Waals surface area contributed by atoms with Crippen molar-refractivity contribution >= 4 is 5.82 Å². The molecule has 0 amide bonds. The van der Waals surface area contributed by atoms with E-state index in [0.29, 0.717) is 18.0 Å². The van der Waals surface area contributed by atoms with Crippen LogP contribution in [0.25, 0.3) is 0 Å². The SMILES string of the molecule is CCOC(C)C(O)c1cccnc1N. The second-order valence-corrected chi connectivity index (χ2v) is 3.08. The minimum Gasteiger partial charge on any atom is -0.386 e. The molecule has 4 nitrogen and oxygen atoms in total. The molecule has 0 saturated heterocycles. The Hall–Kier alpha value is -1.13. The first kappa shape index (κ1) is 10.9. The number of anilines is 1. The zero-order valence-corrected chi connectivity index (χ0v) is 8.47. The van der Waals surface area contributed by atoms with Gasteiger partial charge in [-0.25, -0.2) is 4.98 Å². The molecular formula is C10H16N2O2. The van der Waals surface area contributed by atoms with Crippen molar-refractivity contribution in [2.45, 2.75) is 26.1 Å². The summed E-state index contributed by atoms with van der Waals surface area (Å²) in [5.74, 6) is 0.353. The Balaban J connectivity index is 2.78. The van der Waals surface area contributed by atoms with Crippen molar-refractivity contribution in [2.24, 2.45) is 0 Å². The van der Waals surface area contributed by atoms with Crippen LogP contribution in [0.5, 0.6) is 0 Å². The van der Waals surface area contributed by atoms with Gasteiger partial charge in [-0.15, -0.1) is 0 Å². The molecule has 1 rings (SSSR count). The van der Waals surface area contributed by atoms with E-state index in [4.69, 9.17) is 10.5 Å². The second-order valence-electron chi connectivity index (χ2n) is 3.08. The fourth-order valence-corrected chi connectivity index (χ4v) is 1.29. The fourth-order valence-electron chi connectivity index (χ4n) is 1.29. The van der Waals surface area contributed by atoms with Gasteiger partial charge >= 0.3 is 0 Å². The van der Waals surface area contributed by atoms with Gasteiger partial charge in [0.2, 0.25) is 0 Å². The highest BCUT2D eigenvalue weighted by Crippen LogP contribution is 2.22. The number of aliphatic hydroxyl groups excluding tert-OH is 1. The molecule has 1 aromatic rings. The number of nitrogens with zero attached hydrogens (tertiary/aromatic N) is 1. The lowest BCUT2D eigenvalue weighted by atomic mass is 10.1. The Morgan fingerprint density at radius 2 is 2.36 bits per heavy atom. The summed E-state index contributed by atoms with van der Waals surface area (Å²) in [6.45, 7) is 4.26. The molecule has 78 valence electrons. The van der Waals surface area contributed by atoms with Crippen LogP contribution in [0.15, 0.2) is 18.3 Å². The lowest BCUT2D eigenvalue weighted by Gasteiger charge is -2.19. The second kappa shape index (κ2) is 4.93. The number of rotatable bonds is 4. The van der Waals surface area contributed by atoms with Gasteiger partial charge < -0.3 is 15.6 Å². The van der Waals surface area contributed by atoms with Gasteiger partial charge in [0.25, 0.3) is 0 Å². The summed E-state index contributed by atoms with van der Waals surface area (Å²) in [5, 5.41) is 9.86. The lowest BCUT2D eigenvalue weighted by Crippen LogP contribution is -2.20. The van der Waals surface area contributed by atoms with Crippen LogP contribution < -0.4 is 5.73 Å². The van der Waals surface area contributed by atoms with Crippen molar-refractivity contribution < 1.29 is 9.84 Å². The van der Waals surface area contributed by atoms with E-state index in [1.54, 1.807) is 25.3 Å². The van der Waals surface area contributed by atoms with Crippen LogP contribution in [0.3, 0.4) is 0 Å². The smallest absolute Gasteiger partial charge is 0.129 e. The molecule has 0 fully saturated rings. The Morgan fingerprint density at radius 3 is 2.93 bits per heavy atom. The van der Waals surface area contributed by atoms with E-state index >= 15 is 0 Å². The quantitative estimate of drug-likeness (QED) is 0.757. The molecule has 0 aliphatic heterocycles. The predicted molar refractivity (Wildman–Crippen MR) is 54.7 cm³/mol. The Labute approximate surface area is 83.7 Å². The summed E-state index contributed by atoms with van der Waals surface area (Å²) in [6.07, 6.45) is 0.604. The average molecular weight is 196 g/mol. The Bertz CT molecular complexity index is 291. The van der Waals surface area contributed by atoms with Gasteiger partial charge in [-0.3, -0.25) is 0 Å². The summed E-state index contributed by atoms with van der Waals surface area (Å²) in [4.78, 5) is 3.90. The topological polar surface area (TPSA) is 68.4 Å². The molecular weight excluding hydrogens is 180 g/mol. The maximum Gasteiger partial charge on any atom is 0.129 e. The number of aromatic nitrogens is 1. The number of pyridine rings is 1.